The van der Waals surface area contributed by atoms with Crippen molar-refractivity contribution in [2.24, 2.45) is 0 Å². The summed E-state index contributed by atoms with van der Waals surface area (Å²) in [5.41, 5.74) is 0. The molecule has 118 valence electrons. The van der Waals surface area contributed by atoms with Crippen LogP contribution in [0.2, 0.25) is 0 Å². The minimum atomic E-state index is 0.000355. The first kappa shape index (κ1) is 17.5. The first-order chi connectivity index (χ1) is 9.72. The van der Waals surface area contributed by atoms with Gasteiger partial charge in [0, 0.05) is 0 Å². The van der Waals surface area contributed by atoms with E-state index in [-0.39, 0.29) is 5.97 Å². The van der Waals surface area contributed by atoms with Gasteiger partial charge in [0.25, 0.3) is 0 Å². The van der Waals surface area contributed by atoms with Gasteiger partial charge in [-0.2, -0.15) is 0 Å². The van der Waals surface area contributed by atoms with Gasteiger partial charge in [0.05, 0.1) is 26.2 Å². The summed E-state index contributed by atoms with van der Waals surface area (Å²) in [6.45, 7) is 8.78. The van der Waals surface area contributed by atoms with E-state index in [1.165, 1.54) is 77.4 Å². The van der Waals surface area contributed by atoms with E-state index in [9.17, 15) is 4.79 Å². The molecule has 0 atom stereocenters. The number of esters is 1. The molecule has 20 heavy (non-hydrogen) atoms. The third-order valence-electron chi connectivity index (χ3n) is 4.52. The van der Waals surface area contributed by atoms with Crippen molar-refractivity contribution in [1.29, 1.82) is 0 Å². The molecule has 0 amide bonds. The highest BCUT2D eigenvalue weighted by Crippen LogP contribution is 2.21. The van der Waals surface area contributed by atoms with Crippen molar-refractivity contribution in [2.45, 2.75) is 71.6 Å². The zero-order valence-corrected chi connectivity index (χ0v) is 13.7. The quantitative estimate of drug-likeness (QED) is 0.345. The topological polar surface area (TPSA) is 26.3 Å². The maximum absolute atomic E-state index is 11.9. The van der Waals surface area contributed by atoms with Crippen molar-refractivity contribution in [3.05, 3.63) is 0 Å². The lowest BCUT2D eigenvalue weighted by Crippen LogP contribution is -2.55. The Kier molecular flexibility index (Phi) is 8.92. The zero-order chi connectivity index (χ0) is 14.7. The molecule has 1 rings (SSSR count). The van der Waals surface area contributed by atoms with Gasteiger partial charge in [-0.05, 0) is 39.0 Å². The van der Waals surface area contributed by atoms with Gasteiger partial charge < -0.3 is 9.22 Å². The summed E-state index contributed by atoms with van der Waals surface area (Å²) in [5, 5.41) is 0. The number of likely N-dealkylation sites (tertiary alicyclic amines) is 1. The Morgan fingerprint density at radius 1 is 0.950 bits per heavy atom. The molecule has 1 fully saturated rings. The van der Waals surface area contributed by atoms with Crippen LogP contribution in [0.4, 0.5) is 0 Å². The van der Waals surface area contributed by atoms with Crippen LogP contribution in [0.1, 0.15) is 71.6 Å². The largest absolute Gasteiger partial charge is 0.462 e. The van der Waals surface area contributed by atoms with Crippen LogP contribution in [0.5, 0.6) is 0 Å². The zero-order valence-electron chi connectivity index (χ0n) is 13.7. The molecule has 3 heteroatoms. The number of piperidine rings is 1. The Morgan fingerprint density at radius 2 is 1.60 bits per heavy atom. The summed E-state index contributed by atoms with van der Waals surface area (Å²) in [5.74, 6) is 0.000355. The number of hydrogen-bond donors (Lipinski definition) is 0. The molecule has 0 aromatic heterocycles. The van der Waals surface area contributed by atoms with Crippen molar-refractivity contribution >= 4 is 5.97 Å². The Morgan fingerprint density at radius 3 is 2.25 bits per heavy atom. The Labute approximate surface area is 125 Å². The molecule has 1 heterocycles. The van der Waals surface area contributed by atoms with E-state index in [4.69, 9.17) is 4.74 Å². The molecule has 0 aromatic rings. The predicted molar refractivity (Wildman–Crippen MR) is 83.6 cm³/mol. The van der Waals surface area contributed by atoms with Crippen LogP contribution in [0.3, 0.4) is 0 Å². The molecular formula is C17H34NO2+. The van der Waals surface area contributed by atoms with E-state index in [0.29, 0.717) is 13.2 Å². The summed E-state index contributed by atoms with van der Waals surface area (Å²) in [7, 11) is 0. The molecule has 0 spiro atoms. The van der Waals surface area contributed by atoms with Gasteiger partial charge in [0.15, 0.2) is 6.54 Å². The van der Waals surface area contributed by atoms with Gasteiger partial charge in [-0.3, -0.25) is 0 Å². The van der Waals surface area contributed by atoms with Crippen molar-refractivity contribution < 1.29 is 14.0 Å². The Hall–Kier alpha value is -0.570. The molecular weight excluding hydrogens is 250 g/mol. The minimum Gasteiger partial charge on any atom is -0.462 e. The van der Waals surface area contributed by atoms with E-state index in [2.05, 4.69) is 6.92 Å². The maximum Gasteiger partial charge on any atom is 0.361 e. The number of rotatable bonds is 10. The van der Waals surface area contributed by atoms with Crippen molar-refractivity contribution in [1.82, 2.24) is 0 Å². The third kappa shape index (κ3) is 6.74. The van der Waals surface area contributed by atoms with Crippen LogP contribution in [-0.4, -0.2) is 43.2 Å². The van der Waals surface area contributed by atoms with Crippen molar-refractivity contribution in [3.63, 3.8) is 0 Å². The molecule has 1 aliphatic rings. The maximum atomic E-state index is 11.9. The summed E-state index contributed by atoms with van der Waals surface area (Å²) in [4.78, 5) is 11.9. The first-order valence-corrected chi connectivity index (χ1v) is 8.73. The second kappa shape index (κ2) is 10.2. The average Bonchev–Trinajstić information content (AvgIpc) is 2.44. The summed E-state index contributed by atoms with van der Waals surface area (Å²) in [6.07, 6.45) is 11.9. The molecule has 0 saturated carbocycles. The summed E-state index contributed by atoms with van der Waals surface area (Å²) >= 11 is 0. The normalized spacial score (nSPS) is 17.9. The molecule has 0 aliphatic carbocycles. The van der Waals surface area contributed by atoms with E-state index in [1.807, 2.05) is 6.92 Å². The molecule has 1 aliphatic heterocycles. The second-order valence-corrected chi connectivity index (χ2v) is 6.30. The van der Waals surface area contributed by atoms with Crippen molar-refractivity contribution in [3.8, 4) is 0 Å². The first-order valence-electron chi connectivity index (χ1n) is 8.73. The van der Waals surface area contributed by atoms with E-state index < -0.39 is 0 Å². The van der Waals surface area contributed by atoms with Gasteiger partial charge in [-0.1, -0.05) is 32.6 Å². The lowest BCUT2D eigenvalue weighted by Gasteiger charge is -2.40. The van der Waals surface area contributed by atoms with Crippen LogP contribution < -0.4 is 0 Å². The Bertz CT molecular complexity index is 260. The second-order valence-electron chi connectivity index (χ2n) is 6.30. The average molecular weight is 284 g/mol. The standard InChI is InChI=1S/C17H34NO2/c1-3-5-6-7-8-10-13-18(14-11-9-12-15-18)16-17(19)20-4-2/h3-16H2,1-2H3/q+1. The lowest BCUT2D eigenvalue weighted by atomic mass is 10.0. The van der Waals surface area contributed by atoms with Crippen LogP contribution in [0.15, 0.2) is 0 Å². The number of nitrogens with zero attached hydrogens (tertiary/aromatic N) is 1. The molecule has 0 radical (unpaired) electrons. The van der Waals surface area contributed by atoms with Gasteiger partial charge >= 0.3 is 5.97 Å². The van der Waals surface area contributed by atoms with Gasteiger partial charge in [0.1, 0.15) is 0 Å². The monoisotopic (exact) mass is 284 g/mol. The molecule has 3 nitrogen and oxygen atoms in total. The number of hydrogen-bond acceptors (Lipinski definition) is 2. The fraction of sp³-hybridized carbons (Fsp3) is 0.941. The number of quaternary nitrogens is 1. The Balaban J connectivity index is 2.33. The molecule has 0 aromatic carbocycles. The third-order valence-corrected chi connectivity index (χ3v) is 4.52. The van der Waals surface area contributed by atoms with Crippen LogP contribution in [0, 0.1) is 0 Å². The van der Waals surface area contributed by atoms with Crippen LogP contribution in [-0.2, 0) is 9.53 Å². The summed E-state index contributed by atoms with van der Waals surface area (Å²) in [6, 6.07) is 0. The number of carbonyl (C=O) groups is 1. The van der Waals surface area contributed by atoms with E-state index >= 15 is 0 Å². The molecule has 0 bridgehead atoms. The van der Waals surface area contributed by atoms with Crippen LogP contribution >= 0.6 is 0 Å². The highest BCUT2D eigenvalue weighted by Gasteiger charge is 2.32. The number of carbonyl (C=O) groups excluding carboxylic acids is 1. The van der Waals surface area contributed by atoms with Crippen molar-refractivity contribution in [2.75, 3.05) is 32.8 Å². The van der Waals surface area contributed by atoms with E-state index in [0.717, 1.165) is 4.48 Å². The number of ether oxygens (including phenoxy) is 1. The molecule has 0 unspecified atom stereocenters. The minimum absolute atomic E-state index is 0.000355. The highest BCUT2D eigenvalue weighted by molar-refractivity contribution is 5.70. The predicted octanol–water partition coefficient (Wildman–Crippen LogP) is 3.91. The van der Waals surface area contributed by atoms with Gasteiger partial charge in [-0.15, -0.1) is 0 Å². The van der Waals surface area contributed by atoms with Gasteiger partial charge in [0.2, 0.25) is 0 Å². The molecule has 0 N–H and O–H groups in total. The summed E-state index contributed by atoms with van der Waals surface area (Å²) < 4.78 is 6.17. The molecule has 1 saturated heterocycles. The van der Waals surface area contributed by atoms with E-state index in [1.54, 1.807) is 0 Å². The fourth-order valence-corrected chi connectivity index (χ4v) is 3.35. The van der Waals surface area contributed by atoms with Crippen LogP contribution in [0.25, 0.3) is 0 Å². The fourth-order valence-electron chi connectivity index (χ4n) is 3.35. The highest BCUT2D eigenvalue weighted by atomic mass is 16.5. The van der Waals surface area contributed by atoms with Gasteiger partial charge in [-0.25, -0.2) is 4.79 Å². The SMILES string of the molecule is CCCCCCCC[N+]1(CC(=O)OCC)CCCCC1. The lowest BCUT2D eigenvalue weighted by molar-refractivity contribution is -0.926. The number of unbranched alkanes of at least 4 members (excludes halogenated alkanes) is 5. The smallest absolute Gasteiger partial charge is 0.361 e.